The minimum atomic E-state index is -0.354. The first-order valence-corrected chi connectivity index (χ1v) is 4.30. The largest absolute Gasteiger partial charge is 0.368 e. The summed E-state index contributed by atoms with van der Waals surface area (Å²) in [6, 6.07) is -0.0139. The van der Waals surface area contributed by atoms with Gasteiger partial charge in [0.05, 0.1) is 0 Å². The fraction of sp³-hybridized carbons (Fsp3) is 0.750. The maximum absolute atomic E-state index is 11.3. The maximum Gasteiger partial charge on any atom is 0.240 e. The van der Waals surface area contributed by atoms with Crippen LogP contribution in [0, 0.1) is 0 Å². The zero-order valence-electron chi connectivity index (χ0n) is 6.82. The van der Waals surface area contributed by atoms with E-state index >= 15 is 0 Å². The third-order valence-electron chi connectivity index (χ3n) is 2.81. The Hall–Kier alpha value is -1.06. The van der Waals surface area contributed by atoms with Crippen molar-refractivity contribution in [3.63, 3.8) is 0 Å². The van der Waals surface area contributed by atoms with Crippen molar-refractivity contribution in [3.8, 4) is 0 Å². The summed E-state index contributed by atoms with van der Waals surface area (Å²) in [6.45, 7) is 0. The fourth-order valence-electron chi connectivity index (χ4n) is 2.24. The summed E-state index contributed by atoms with van der Waals surface area (Å²) in [5.41, 5.74) is 5.18. The highest BCUT2D eigenvalue weighted by atomic mass is 16.2. The molecule has 2 N–H and O–H groups in total. The second kappa shape index (κ2) is 2.47. The van der Waals surface area contributed by atoms with Crippen molar-refractivity contribution >= 4 is 11.8 Å². The summed E-state index contributed by atoms with van der Waals surface area (Å²) in [7, 11) is 0. The molecule has 12 heavy (non-hydrogen) atoms. The highest BCUT2D eigenvalue weighted by Crippen LogP contribution is 2.32. The van der Waals surface area contributed by atoms with Gasteiger partial charge in [-0.1, -0.05) is 0 Å². The molecule has 0 aromatic carbocycles. The van der Waals surface area contributed by atoms with Crippen LogP contribution in [0.15, 0.2) is 0 Å². The molecule has 2 heterocycles. The van der Waals surface area contributed by atoms with Gasteiger partial charge in [0.15, 0.2) is 0 Å². The van der Waals surface area contributed by atoms with Crippen LogP contribution in [-0.4, -0.2) is 28.8 Å². The number of nitrogens with zero attached hydrogens (tertiary/aromatic N) is 1. The molecule has 0 radical (unpaired) electrons. The predicted octanol–water partition coefficient (Wildman–Crippen LogP) is -0.375. The standard InChI is InChI=1S/C8H12N2O2/c9-8(12)6-3-1-5-2-4-7(11)10(5)6/h5-6H,1-4H2,(H2,9,12). The summed E-state index contributed by atoms with van der Waals surface area (Å²) >= 11 is 0. The van der Waals surface area contributed by atoms with Crippen LogP contribution < -0.4 is 5.73 Å². The first-order valence-electron chi connectivity index (χ1n) is 4.30. The molecule has 0 aromatic heterocycles. The van der Waals surface area contributed by atoms with Crippen molar-refractivity contribution in [1.29, 1.82) is 0 Å². The molecule has 2 aliphatic heterocycles. The lowest BCUT2D eigenvalue weighted by atomic mass is 10.1. The van der Waals surface area contributed by atoms with E-state index in [0.29, 0.717) is 12.5 Å². The van der Waals surface area contributed by atoms with Gasteiger partial charge in [0.25, 0.3) is 0 Å². The van der Waals surface area contributed by atoms with E-state index in [1.165, 1.54) is 0 Å². The Bertz CT molecular complexity index is 239. The molecule has 2 aliphatic rings. The van der Waals surface area contributed by atoms with E-state index in [0.717, 1.165) is 19.3 Å². The van der Waals surface area contributed by atoms with Gasteiger partial charge in [-0.25, -0.2) is 0 Å². The first kappa shape index (κ1) is 7.58. The molecule has 0 aromatic rings. The van der Waals surface area contributed by atoms with E-state index in [1.807, 2.05) is 0 Å². The van der Waals surface area contributed by atoms with Gasteiger partial charge >= 0.3 is 0 Å². The van der Waals surface area contributed by atoms with Crippen LogP contribution in [0.4, 0.5) is 0 Å². The third kappa shape index (κ3) is 0.906. The van der Waals surface area contributed by atoms with Crippen LogP contribution in [0.1, 0.15) is 25.7 Å². The molecule has 2 fully saturated rings. The maximum atomic E-state index is 11.3. The second-order valence-corrected chi connectivity index (χ2v) is 3.49. The van der Waals surface area contributed by atoms with E-state index in [4.69, 9.17) is 5.73 Å². The lowest BCUT2D eigenvalue weighted by Crippen LogP contribution is -2.43. The lowest BCUT2D eigenvalue weighted by molar-refractivity contribution is -0.135. The van der Waals surface area contributed by atoms with Crippen LogP contribution in [-0.2, 0) is 9.59 Å². The number of carbonyl (C=O) groups excluding carboxylic acids is 2. The van der Waals surface area contributed by atoms with Gasteiger partial charge < -0.3 is 10.6 Å². The van der Waals surface area contributed by atoms with Crippen LogP contribution in [0.3, 0.4) is 0 Å². The van der Waals surface area contributed by atoms with E-state index in [2.05, 4.69) is 0 Å². The molecule has 2 saturated heterocycles. The van der Waals surface area contributed by atoms with Gasteiger partial charge in [0.1, 0.15) is 6.04 Å². The number of amides is 2. The number of rotatable bonds is 1. The van der Waals surface area contributed by atoms with E-state index in [-0.39, 0.29) is 17.9 Å². The number of carbonyl (C=O) groups is 2. The quantitative estimate of drug-likeness (QED) is 0.580. The highest BCUT2D eigenvalue weighted by Gasteiger charge is 2.43. The van der Waals surface area contributed by atoms with Gasteiger partial charge in [-0.05, 0) is 19.3 Å². The summed E-state index contributed by atoms with van der Waals surface area (Å²) in [5.74, 6) is -0.256. The molecule has 0 aliphatic carbocycles. The number of hydrogen-bond donors (Lipinski definition) is 1. The molecular weight excluding hydrogens is 156 g/mol. The molecule has 2 rings (SSSR count). The van der Waals surface area contributed by atoms with Crippen LogP contribution >= 0.6 is 0 Å². The van der Waals surface area contributed by atoms with E-state index in [9.17, 15) is 9.59 Å². The molecule has 0 bridgehead atoms. The van der Waals surface area contributed by atoms with Crippen molar-refractivity contribution in [2.45, 2.75) is 37.8 Å². The van der Waals surface area contributed by atoms with Crippen molar-refractivity contribution in [2.75, 3.05) is 0 Å². The minimum absolute atomic E-state index is 0.0984. The van der Waals surface area contributed by atoms with Gasteiger partial charge in [-0.15, -0.1) is 0 Å². The topological polar surface area (TPSA) is 63.4 Å². The average molecular weight is 168 g/mol. The van der Waals surface area contributed by atoms with Gasteiger partial charge in [0, 0.05) is 12.5 Å². The van der Waals surface area contributed by atoms with Gasteiger partial charge in [0.2, 0.25) is 11.8 Å². The first-order chi connectivity index (χ1) is 5.70. The fourth-order valence-corrected chi connectivity index (χ4v) is 2.24. The predicted molar refractivity (Wildman–Crippen MR) is 42.1 cm³/mol. The Labute approximate surface area is 70.7 Å². The Morgan fingerprint density at radius 1 is 1.42 bits per heavy atom. The Morgan fingerprint density at radius 3 is 2.83 bits per heavy atom. The average Bonchev–Trinajstić information content (AvgIpc) is 2.53. The summed E-state index contributed by atoms with van der Waals surface area (Å²) in [4.78, 5) is 23.9. The summed E-state index contributed by atoms with van der Waals surface area (Å²) in [5, 5.41) is 0. The number of nitrogens with two attached hydrogens (primary N) is 1. The molecule has 0 spiro atoms. The Balaban J connectivity index is 2.19. The smallest absolute Gasteiger partial charge is 0.240 e. The number of primary amides is 1. The monoisotopic (exact) mass is 168 g/mol. The zero-order chi connectivity index (χ0) is 8.72. The van der Waals surface area contributed by atoms with Crippen LogP contribution in [0.5, 0.6) is 0 Å². The Kier molecular flexibility index (Phi) is 1.56. The molecule has 66 valence electrons. The summed E-state index contributed by atoms with van der Waals surface area (Å²) < 4.78 is 0. The number of hydrogen-bond acceptors (Lipinski definition) is 2. The molecular formula is C8H12N2O2. The molecule has 4 heteroatoms. The van der Waals surface area contributed by atoms with Gasteiger partial charge in [-0.3, -0.25) is 9.59 Å². The van der Waals surface area contributed by atoms with Crippen molar-refractivity contribution < 1.29 is 9.59 Å². The van der Waals surface area contributed by atoms with Crippen molar-refractivity contribution in [2.24, 2.45) is 5.73 Å². The summed E-state index contributed by atoms with van der Waals surface area (Å²) in [6.07, 6.45) is 3.20. The highest BCUT2D eigenvalue weighted by molar-refractivity contribution is 5.88. The number of fused-ring (bicyclic) bond motifs is 1. The SMILES string of the molecule is NC(=O)C1CCC2CCC(=O)N21. The zero-order valence-corrected chi connectivity index (χ0v) is 6.82. The molecule has 0 saturated carbocycles. The molecule has 2 unspecified atom stereocenters. The Morgan fingerprint density at radius 2 is 2.17 bits per heavy atom. The third-order valence-corrected chi connectivity index (χ3v) is 2.81. The molecule has 2 amide bonds. The normalized spacial score (nSPS) is 34.0. The minimum Gasteiger partial charge on any atom is -0.368 e. The van der Waals surface area contributed by atoms with Crippen LogP contribution in [0.2, 0.25) is 0 Å². The van der Waals surface area contributed by atoms with Crippen molar-refractivity contribution in [1.82, 2.24) is 4.90 Å². The lowest BCUT2D eigenvalue weighted by Gasteiger charge is -2.21. The second-order valence-electron chi connectivity index (χ2n) is 3.49. The molecule has 4 nitrogen and oxygen atoms in total. The molecule has 2 atom stereocenters. The van der Waals surface area contributed by atoms with E-state index in [1.54, 1.807) is 4.90 Å². The van der Waals surface area contributed by atoms with E-state index < -0.39 is 0 Å². The van der Waals surface area contributed by atoms with Crippen LogP contribution in [0.25, 0.3) is 0 Å². The van der Waals surface area contributed by atoms with Gasteiger partial charge in [-0.2, -0.15) is 0 Å². The van der Waals surface area contributed by atoms with Crippen molar-refractivity contribution in [3.05, 3.63) is 0 Å².